The number of rotatable bonds is 1. The predicted molar refractivity (Wildman–Crippen MR) is 70.1 cm³/mol. The minimum atomic E-state index is -0.964. The van der Waals surface area contributed by atoms with E-state index in [0.717, 1.165) is 16.6 Å². The highest BCUT2D eigenvalue weighted by molar-refractivity contribution is 5.73. The predicted octanol–water partition coefficient (Wildman–Crippen LogP) is 2.24. The van der Waals surface area contributed by atoms with Crippen LogP contribution in [0, 0.1) is 0 Å². The van der Waals surface area contributed by atoms with Gasteiger partial charge in [-0.15, -0.1) is 0 Å². The maximum atomic E-state index is 10.4. The van der Waals surface area contributed by atoms with Gasteiger partial charge in [0.1, 0.15) is 22.7 Å². The van der Waals surface area contributed by atoms with Crippen molar-refractivity contribution in [1.29, 1.82) is 0 Å². The largest absolute Gasteiger partial charge is 0.383 e. The number of allylic oxidation sites excluding steroid dienone is 2. The summed E-state index contributed by atoms with van der Waals surface area (Å²) in [7, 11) is 0. The SMILES string of the molecule is CC1=CC(n2nc3ccccc3n2)C(C)(O)C=C1. The van der Waals surface area contributed by atoms with Crippen LogP contribution in [0.3, 0.4) is 0 Å². The lowest BCUT2D eigenvalue weighted by atomic mass is 9.90. The molecular weight excluding hydrogens is 226 g/mol. The number of hydrogen-bond donors (Lipinski definition) is 1. The lowest BCUT2D eigenvalue weighted by Gasteiger charge is -2.30. The van der Waals surface area contributed by atoms with Crippen LogP contribution >= 0.6 is 0 Å². The monoisotopic (exact) mass is 241 g/mol. The van der Waals surface area contributed by atoms with Crippen molar-refractivity contribution in [2.45, 2.75) is 25.5 Å². The van der Waals surface area contributed by atoms with Crippen molar-refractivity contribution in [3.8, 4) is 0 Å². The summed E-state index contributed by atoms with van der Waals surface area (Å²) in [6.45, 7) is 3.77. The van der Waals surface area contributed by atoms with Gasteiger partial charge in [-0.3, -0.25) is 0 Å². The molecule has 1 N–H and O–H groups in total. The van der Waals surface area contributed by atoms with Crippen LogP contribution in [-0.2, 0) is 0 Å². The molecule has 0 bridgehead atoms. The van der Waals surface area contributed by atoms with E-state index in [-0.39, 0.29) is 6.04 Å². The first-order chi connectivity index (χ1) is 8.56. The van der Waals surface area contributed by atoms with Crippen LogP contribution in [0.4, 0.5) is 0 Å². The molecule has 0 amide bonds. The van der Waals surface area contributed by atoms with Crippen molar-refractivity contribution in [3.63, 3.8) is 0 Å². The number of aliphatic hydroxyl groups is 1. The first kappa shape index (κ1) is 11.2. The zero-order valence-corrected chi connectivity index (χ0v) is 10.4. The number of aromatic nitrogens is 3. The Hall–Kier alpha value is -1.94. The van der Waals surface area contributed by atoms with Gasteiger partial charge in [0.05, 0.1) is 0 Å². The molecule has 1 aliphatic carbocycles. The molecule has 4 heteroatoms. The van der Waals surface area contributed by atoms with E-state index in [2.05, 4.69) is 10.2 Å². The van der Waals surface area contributed by atoms with Crippen LogP contribution < -0.4 is 0 Å². The molecule has 0 radical (unpaired) electrons. The molecule has 0 spiro atoms. The molecule has 2 unspecified atom stereocenters. The van der Waals surface area contributed by atoms with E-state index in [1.807, 2.05) is 43.3 Å². The second-order valence-electron chi connectivity index (χ2n) is 4.92. The Balaban J connectivity index is 2.11. The van der Waals surface area contributed by atoms with Gasteiger partial charge in [-0.05, 0) is 26.0 Å². The minimum absolute atomic E-state index is 0.269. The summed E-state index contributed by atoms with van der Waals surface area (Å²) in [4.78, 5) is 1.59. The Morgan fingerprint density at radius 2 is 1.83 bits per heavy atom. The molecule has 0 saturated heterocycles. The summed E-state index contributed by atoms with van der Waals surface area (Å²) in [6, 6.07) is 7.43. The summed E-state index contributed by atoms with van der Waals surface area (Å²) < 4.78 is 0. The highest BCUT2D eigenvalue weighted by Crippen LogP contribution is 2.30. The van der Waals surface area contributed by atoms with Gasteiger partial charge in [0.15, 0.2) is 0 Å². The summed E-state index contributed by atoms with van der Waals surface area (Å²) >= 11 is 0. The first-order valence-corrected chi connectivity index (χ1v) is 5.98. The molecule has 3 rings (SSSR count). The lowest BCUT2D eigenvalue weighted by Crippen LogP contribution is -2.36. The summed E-state index contributed by atoms with van der Waals surface area (Å²) in [5.74, 6) is 0. The van der Waals surface area contributed by atoms with Crippen LogP contribution in [-0.4, -0.2) is 25.7 Å². The molecule has 0 aliphatic heterocycles. The van der Waals surface area contributed by atoms with Crippen molar-refractivity contribution < 1.29 is 5.11 Å². The second-order valence-corrected chi connectivity index (χ2v) is 4.92. The fraction of sp³-hybridized carbons (Fsp3) is 0.286. The third-order valence-corrected chi connectivity index (χ3v) is 3.25. The van der Waals surface area contributed by atoms with Gasteiger partial charge in [0.2, 0.25) is 0 Å². The van der Waals surface area contributed by atoms with Crippen LogP contribution in [0.2, 0.25) is 0 Å². The molecular formula is C14H15N3O. The van der Waals surface area contributed by atoms with Gasteiger partial charge in [0, 0.05) is 0 Å². The second kappa shape index (κ2) is 3.78. The Labute approximate surface area is 105 Å². The number of hydrogen-bond acceptors (Lipinski definition) is 3. The van der Waals surface area contributed by atoms with Gasteiger partial charge in [-0.25, -0.2) is 0 Å². The zero-order chi connectivity index (χ0) is 12.8. The van der Waals surface area contributed by atoms with E-state index in [4.69, 9.17) is 0 Å². The fourth-order valence-corrected chi connectivity index (χ4v) is 2.17. The molecule has 1 heterocycles. The average molecular weight is 241 g/mol. The highest BCUT2D eigenvalue weighted by atomic mass is 16.3. The molecule has 2 atom stereocenters. The van der Waals surface area contributed by atoms with Gasteiger partial charge in [-0.1, -0.05) is 35.9 Å². The average Bonchev–Trinajstić information content (AvgIpc) is 2.75. The quantitative estimate of drug-likeness (QED) is 0.833. The molecule has 4 nitrogen and oxygen atoms in total. The number of benzene rings is 1. The molecule has 1 aromatic heterocycles. The smallest absolute Gasteiger partial charge is 0.122 e. The standard InChI is InChI=1S/C14H15N3O/c1-10-7-8-14(2,18)13(9-10)17-15-11-5-3-4-6-12(11)16-17/h3-9,13,18H,1-2H3. The van der Waals surface area contributed by atoms with E-state index in [9.17, 15) is 5.11 Å². The van der Waals surface area contributed by atoms with Crippen LogP contribution in [0.15, 0.2) is 48.1 Å². The first-order valence-electron chi connectivity index (χ1n) is 5.98. The van der Waals surface area contributed by atoms with Gasteiger partial charge in [0.25, 0.3) is 0 Å². The Morgan fingerprint density at radius 1 is 1.22 bits per heavy atom. The van der Waals surface area contributed by atoms with Crippen molar-refractivity contribution in [3.05, 3.63) is 48.1 Å². The lowest BCUT2D eigenvalue weighted by molar-refractivity contribution is 0.0593. The molecule has 92 valence electrons. The fourth-order valence-electron chi connectivity index (χ4n) is 2.17. The molecule has 0 fully saturated rings. The van der Waals surface area contributed by atoms with Crippen LogP contribution in [0.25, 0.3) is 11.0 Å². The van der Waals surface area contributed by atoms with E-state index in [1.54, 1.807) is 17.8 Å². The van der Waals surface area contributed by atoms with E-state index in [1.165, 1.54) is 0 Å². The topological polar surface area (TPSA) is 50.9 Å². The number of fused-ring (bicyclic) bond motifs is 1. The van der Waals surface area contributed by atoms with Crippen molar-refractivity contribution >= 4 is 11.0 Å². The van der Waals surface area contributed by atoms with Gasteiger partial charge < -0.3 is 5.11 Å². The number of nitrogens with zero attached hydrogens (tertiary/aromatic N) is 3. The van der Waals surface area contributed by atoms with Crippen molar-refractivity contribution in [1.82, 2.24) is 15.0 Å². The highest BCUT2D eigenvalue weighted by Gasteiger charge is 2.33. The molecule has 1 aliphatic rings. The maximum absolute atomic E-state index is 10.4. The Morgan fingerprint density at radius 3 is 2.44 bits per heavy atom. The summed E-state index contributed by atoms with van der Waals surface area (Å²) in [6.07, 6.45) is 5.69. The van der Waals surface area contributed by atoms with E-state index < -0.39 is 5.60 Å². The Kier molecular flexibility index (Phi) is 2.35. The molecule has 2 aromatic rings. The van der Waals surface area contributed by atoms with Crippen molar-refractivity contribution in [2.24, 2.45) is 0 Å². The summed E-state index contributed by atoms with van der Waals surface area (Å²) in [5.41, 5.74) is 1.82. The van der Waals surface area contributed by atoms with E-state index >= 15 is 0 Å². The van der Waals surface area contributed by atoms with E-state index in [0.29, 0.717) is 0 Å². The van der Waals surface area contributed by atoms with Crippen LogP contribution in [0.5, 0.6) is 0 Å². The molecule has 0 saturated carbocycles. The van der Waals surface area contributed by atoms with Gasteiger partial charge >= 0.3 is 0 Å². The third kappa shape index (κ3) is 1.75. The maximum Gasteiger partial charge on any atom is 0.122 e. The third-order valence-electron chi connectivity index (χ3n) is 3.25. The normalized spacial score (nSPS) is 27.5. The molecule has 1 aromatic carbocycles. The van der Waals surface area contributed by atoms with Crippen LogP contribution in [0.1, 0.15) is 19.9 Å². The minimum Gasteiger partial charge on any atom is -0.383 e. The van der Waals surface area contributed by atoms with Gasteiger partial charge in [-0.2, -0.15) is 15.0 Å². The van der Waals surface area contributed by atoms with Crippen molar-refractivity contribution in [2.75, 3.05) is 0 Å². The molecule has 18 heavy (non-hydrogen) atoms. The zero-order valence-electron chi connectivity index (χ0n) is 10.4. The Bertz CT molecular complexity index is 619. The summed E-state index contributed by atoms with van der Waals surface area (Å²) in [5, 5.41) is 19.3.